The number of rotatable bonds is 3. The Morgan fingerprint density at radius 1 is 1.21 bits per heavy atom. The number of aromatic carboxylic acids is 1. The van der Waals surface area contributed by atoms with E-state index in [1.165, 1.54) is 24.3 Å². The van der Waals surface area contributed by atoms with Crippen LogP contribution in [0.3, 0.4) is 0 Å². The summed E-state index contributed by atoms with van der Waals surface area (Å²) in [5.41, 5.74) is 0.217. The summed E-state index contributed by atoms with van der Waals surface area (Å²) < 4.78 is 13.4. The number of hydrogen-bond donors (Lipinski definition) is 2. The third kappa shape index (κ3) is 2.44. The summed E-state index contributed by atoms with van der Waals surface area (Å²) in [6.45, 7) is 0. The van der Waals surface area contributed by atoms with E-state index in [2.05, 4.69) is 0 Å². The lowest BCUT2D eigenvalue weighted by molar-refractivity contribution is 0.0696. The van der Waals surface area contributed by atoms with Crippen LogP contribution in [0.4, 0.5) is 4.39 Å². The van der Waals surface area contributed by atoms with Crippen LogP contribution in [0.25, 0.3) is 11.1 Å². The van der Waals surface area contributed by atoms with Gasteiger partial charge in [0.25, 0.3) is 0 Å². The van der Waals surface area contributed by atoms with E-state index in [0.29, 0.717) is 6.29 Å². The van der Waals surface area contributed by atoms with Gasteiger partial charge in [-0.25, -0.2) is 9.18 Å². The van der Waals surface area contributed by atoms with Gasteiger partial charge in [-0.15, -0.1) is 0 Å². The molecule has 0 amide bonds. The monoisotopic (exact) mass is 260 g/mol. The highest BCUT2D eigenvalue weighted by molar-refractivity contribution is 5.91. The van der Waals surface area contributed by atoms with E-state index in [9.17, 15) is 19.1 Å². The number of halogens is 1. The lowest BCUT2D eigenvalue weighted by Crippen LogP contribution is -1.98. The predicted molar refractivity (Wildman–Crippen MR) is 65.8 cm³/mol. The Morgan fingerprint density at radius 2 is 1.95 bits per heavy atom. The topological polar surface area (TPSA) is 74.6 Å². The van der Waals surface area contributed by atoms with Gasteiger partial charge in [-0.1, -0.05) is 12.1 Å². The maximum Gasteiger partial charge on any atom is 0.335 e. The fraction of sp³-hybridized carbons (Fsp3) is 0. The van der Waals surface area contributed by atoms with E-state index < -0.39 is 11.8 Å². The van der Waals surface area contributed by atoms with Gasteiger partial charge in [-0.3, -0.25) is 4.79 Å². The molecular formula is C14H9FO4. The number of carbonyl (C=O) groups excluding carboxylic acids is 1. The Morgan fingerprint density at radius 3 is 2.58 bits per heavy atom. The summed E-state index contributed by atoms with van der Waals surface area (Å²) in [4.78, 5) is 21.6. The smallest absolute Gasteiger partial charge is 0.335 e. The van der Waals surface area contributed by atoms with Crippen molar-refractivity contribution in [2.45, 2.75) is 0 Å². The Hall–Kier alpha value is -2.69. The van der Waals surface area contributed by atoms with Crippen LogP contribution in [0.1, 0.15) is 20.7 Å². The van der Waals surface area contributed by atoms with E-state index in [0.717, 1.165) is 12.1 Å². The minimum absolute atomic E-state index is 0.0543. The largest absolute Gasteiger partial charge is 0.507 e. The maximum absolute atomic E-state index is 13.4. The summed E-state index contributed by atoms with van der Waals surface area (Å²) in [6, 6.07) is 7.60. The molecule has 19 heavy (non-hydrogen) atoms. The zero-order valence-corrected chi connectivity index (χ0v) is 9.63. The number of phenolic OH excluding ortho intramolecular Hbond substituents is 1. The van der Waals surface area contributed by atoms with Crippen molar-refractivity contribution in [2.24, 2.45) is 0 Å². The zero-order valence-electron chi connectivity index (χ0n) is 9.63. The molecule has 0 aromatic heterocycles. The molecule has 0 saturated heterocycles. The molecule has 0 aliphatic carbocycles. The van der Waals surface area contributed by atoms with Gasteiger partial charge >= 0.3 is 5.97 Å². The van der Waals surface area contributed by atoms with E-state index >= 15 is 0 Å². The van der Waals surface area contributed by atoms with Gasteiger partial charge in [0.2, 0.25) is 0 Å². The van der Waals surface area contributed by atoms with Crippen molar-refractivity contribution >= 4 is 12.3 Å². The number of hydrogen-bond acceptors (Lipinski definition) is 3. The van der Waals surface area contributed by atoms with Crippen LogP contribution in [-0.4, -0.2) is 22.5 Å². The zero-order chi connectivity index (χ0) is 14.0. The molecule has 2 N–H and O–H groups in total. The number of benzene rings is 2. The molecule has 0 aliphatic heterocycles. The fourth-order valence-corrected chi connectivity index (χ4v) is 1.76. The van der Waals surface area contributed by atoms with Gasteiger partial charge < -0.3 is 10.2 Å². The molecule has 0 atom stereocenters. The maximum atomic E-state index is 13.4. The minimum atomic E-state index is -1.27. The van der Waals surface area contributed by atoms with Crippen LogP contribution in [0.2, 0.25) is 0 Å². The first-order valence-corrected chi connectivity index (χ1v) is 5.34. The molecule has 4 nitrogen and oxygen atoms in total. The average molecular weight is 260 g/mol. The van der Waals surface area contributed by atoms with Crippen molar-refractivity contribution in [3.63, 3.8) is 0 Å². The standard InChI is InChI=1S/C14H9FO4/c15-11-5-9(4-10(6-11)14(18)19)12-3-1-2-8(7-16)13(12)17/h1-7,17H,(H,18,19). The predicted octanol–water partition coefficient (Wildman–Crippen LogP) is 2.71. The lowest BCUT2D eigenvalue weighted by Gasteiger charge is -2.08. The number of carboxylic acid groups (broad SMARTS) is 1. The third-order valence-electron chi connectivity index (χ3n) is 2.65. The van der Waals surface area contributed by atoms with Crippen molar-refractivity contribution in [3.05, 3.63) is 53.3 Å². The quantitative estimate of drug-likeness (QED) is 0.832. The summed E-state index contributed by atoms with van der Waals surface area (Å²) in [6.07, 6.45) is 0.468. The van der Waals surface area contributed by atoms with Gasteiger partial charge in [0.15, 0.2) is 6.29 Å². The van der Waals surface area contributed by atoms with Crippen molar-refractivity contribution in [1.82, 2.24) is 0 Å². The summed E-state index contributed by atoms with van der Waals surface area (Å²) in [5.74, 6) is -2.31. The second-order valence-electron chi connectivity index (χ2n) is 3.89. The van der Waals surface area contributed by atoms with Crippen molar-refractivity contribution < 1.29 is 24.2 Å². The molecule has 0 unspecified atom stereocenters. The number of phenols is 1. The van der Waals surface area contributed by atoms with Crippen molar-refractivity contribution in [2.75, 3.05) is 0 Å². The lowest BCUT2D eigenvalue weighted by atomic mass is 9.99. The number of carboxylic acids is 1. The van der Waals surface area contributed by atoms with E-state index in [-0.39, 0.29) is 28.0 Å². The first kappa shape index (κ1) is 12.8. The molecule has 2 rings (SSSR count). The molecule has 0 fully saturated rings. The van der Waals surface area contributed by atoms with Crippen molar-refractivity contribution in [3.8, 4) is 16.9 Å². The van der Waals surface area contributed by atoms with Gasteiger partial charge in [0.1, 0.15) is 11.6 Å². The number of para-hydroxylation sites is 1. The molecule has 0 bridgehead atoms. The van der Waals surface area contributed by atoms with Crippen LogP contribution < -0.4 is 0 Å². The average Bonchev–Trinajstić information content (AvgIpc) is 2.38. The molecule has 96 valence electrons. The van der Waals surface area contributed by atoms with Gasteiger partial charge in [0, 0.05) is 5.56 Å². The molecule has 0 aliphatic rings. The Bertz CT molecular complexity index is 664. The summed E-state index contributed by atoms with van der Waals surface area (Å²) in [5, 5.41) is 18.7. The third-order valence-corrected chi connectivity index (χ3v) is 2.65. The van der Waals surface area contributed by atoms with Gasteiger partial charge in [0.05, 0.1) is 11.1 Å². The fourth-order valence-electron chi connectivity index (χ4n) is 1.76. The number of aromatic hydroxyl groups is 1. The van der Waals surface area contributed by atoms with E-state index in [1.54, 1.807) is 0 Å². The summed E-state index contributed by atoms with van der Waals surface area (Å²) >= 11 is 0. The highest BCUT2D eigenvalue weighted by atomic mass is 19.1. The first-order chi connectivity index (χ1) is 9.02. The molecular weight excluding hydrogens is 251 g/mol. The van der Waals surface area contributed by atoms with Crippen LogP contribution in [0, 0.1) is 5.82 Å². The minimum Gasteiger partial charge on any atom is -0.507 e. The number of aldehydes is 1. The normalized spacial score (nSPS) is 10.2. The second-order valence-corrected chi connectivity index (χ2v) is 3.89. The van der Waals surface area contributed by atoms with Crippen LogP contribution in [0.15, 0.2) is 36.4 Å². The highest BCUT2D eigenvalue weighted by Crippen LogP contribution is 2.32. The molecule has 5 heteroatoms. The van der Waals surface area contributed by atoms with Crippen LogP contribution in [0.5, 0.6) is 5.75 Å². The molecule has 0 spiro atoms. The Kier molecular flexibility index (Phi) is 3.29. The summed E-state index contributed by atoms with van der Waals surface area (Å²) in [7, 11) is 0. The SMILES string of the molecule is O=Cc1cccc(-c2cc(F)cc(C(=O)O)c2)c1O. The van der Waals surface area contributed by atoms with E-state index in [1.807, 2.05) is 0 Å². The Balaban J connectivity index is 2.65. The van der Waals surface area contributed by atoms with Gasteiger partial charge in [-0.2, -0.15) is 0 Å². The number of carbonyl (C=O) groups is 2. The molecule has 0 saturated carbocycles. The van der Waals surface area contributed by atoms with Crippen LogP contribution >= 0.6 is 0 Å². The van der Waals surface area contributed by atoms with Crippen molar-refractivity contribution in [1.29, 1.82) is 0 Å². The molecule has 2 aromatic carbocycles. The first-order valence-electron chi connectivity index (χ1n) is 5.34. The van der Waals surface area contributed by atoms with Crippen LogP contribution in [-0.2, 0) is 0 Å². The Labute approximate surface area is 107 Å². The second kappa shape index (κ2) is 4.89. The molecule has 0 heterocycles. The molecule has 2 aromatic rings. The van der Waals surface area contributed by atoms with Gasteiger partial charge in [-0.05, 0) is 29.8 Å². The van der Waals surface area contributed by atoms with E-state index in [4.69, 9.17) is 5.11 Å². The molecule has 0 radical (unpaired) electrons. The highest BCUT2D eigenvalue weighted by Gasteiger charge is 2.12.